The molecule has 1 aromatic carbocycles. The fourth-order valence-corrected chi connectivity index (χ4v) is 1.92. The van der Waals surface area contributed by atoms with Crippen LogP contribution in [0.5, 0.6) is 5.75 Å². The van der Waals surface area contributed by atoms with Crippen LogP contribution in [0, 0.1) is 9.39 Å². The third kappa shape index (κ3) is 2.23. The van der Waals surface area contributed by atoms with Crippen molar-refractivity contribution in [2.45, 2.75) is 13.8 Å². The van der Waals surface area contributed by atoms with Gasteiger partial charge in [-0.1, -0.05) is 0 Å². The second-order valence-electron chi connectivity index (χ2n) is 2.72. The molecular weight excluding hydrogens is 298 g/mol. The molecule has 0 aliphatic heterocycles. The summed E-state index contributed by atoms with van der Waals surface area (Å²) >= 11 is 1.93. The predicted molar refractivity (Wildman–Crippen MR) is 60.3 cm³/mol. The van der Waals surface area contributed by atoms with Gasteiger partial charge in [0.1, 0.15) is 0 Å². The van der Waals surface area contributed by atoms with Crippen molar-refractivity contribution in [3.63, 3.8) is 0 Å². The number of rotatable bonds is 3. The van der Waals surface area contributed by atoms with E-state index in [2.05, 4.69) is 0 Å². The Hall–Kier alpha value is -0.650. The standard InChI is InChI=1S/C10H10FIO2/c1-3-14-8-5-4-7(12)9(6(2)13)10(8)11/h4-5H,3H2,1-2H3. The highest BCUT2D eigenvalue weighted by molar-refractivity contribution is 14.1. The molecule has 1 aromatic rings. The lowest BCUT2D eigenvalue weighted by Crippen LogP contribution is -2.04. The zero-order valence-electron chi connectivity index (χ0n) is 7.93. The zero-order chi connectivity index (χ0) is 10.7. The average molecular weight is 308 g/mol. The molecule has 0 heterocycles. The molecule has 0 aliphatic rings. The Balaban J connectivity index is 3.26. The summed E-state index contributed by atoms with van der Waals surface area (Å²) in [4.78, 5) is 11.1. The molecule has 0 saturated carbocycles. The third-order valence-electron chi connectivity index (χ3n) is 1.71. The van der Waals surface area contributed by atoms with Crippen molar-refractivity contribution in [1.82, 2.24) is 0 Å². The Labute approximate surface area is 95.6 Å². The van der Waals surface area contributed by atoms with E-state index in [0.717, 1.165) is 0 Å². The molecule has 1 rings (SSSR count). The molecule has 0 spiro atoms. The van der Waals surface area contributed by atoms with Gasteiger partial charge < -0.3 is 4.74 Å². The quantitative estimate of drug-likeness (QED) is 0.634. The number of ketones is 1. The number of carbonyl (C=O) groups is 1. The third-order valence-corrected chi connectivity index (χ3v) is 2.61. The minimum atomic E-state index is -0.564. The highest BCUT2D eigenvalue weighted by Gasteiger charge is 2.16. The molecule has 0 radical (unpaired) electrons. The van der Waals surface area contributed by atoms with E-state index in [9.17, 15) is 9.18 Å². The van der Waals surface area contributed by atoms with E-state index in [1.165, 1.54) is 13.0 Å². The molecule has 0 unspecified atom stereocenters. The monoisotopic (exact) mass is 308 g/mol. The molecular formula is C10H10FIO2. The number of hydrogen-bond acceptors (Lipinski definition) is 2. The van der Waals surface area contributed by atoms with E-state index in [-0.39, 0.29) is 17.1 Å². The number of carbonyl (C=O) groups excluding carboxylic acids is 1. The molecule has 0 N–H and O–H groups in total. The molecule has 0 atom stereocenters. The van der Waals surface area contributed by atoms with Crippen molar-refractivity contribution in [1.29, 1.82) is 0 Å². The second-order valence-corrected chi connectivity index (χ2v) is 3.89. The van der Waals surface area contributed by atoms with Gasteiger partial charge in [-0.3, -0.25) is 4.79 Å². The van der Waals surface area contributed by atoms with Crippen molar-refractivity contribution >= 4 is 28.4 Å². The summed E-state index contributed by atoms with van der Waals surface area (Å²) in [5.74, 6) is -0.710. The fraction of sp³-hybridized carbons (Fsp3) is 0.300. The van der Waals surface area contributed by atoms with Gasteiger partial charge in [0.2, 0.25) is 0 Å². The summed E-state index contributed by atoms with van der Waals surface area (Å²) in [5, 5.41) is 0. The van der Waals surface area contributed by atoms with E-state index >= 15 is 0 Å². The number of hydrogen-bond donors (Lipinski definition) is 0. The van der Waals surface area contributed by atoms with Gasteiger partial charge in [-0.2, -0.15) is 0 Å². The van der Waals surface area contributed by atoms with Crippen molar-refractivity contribution in [3.05, 3.63) is 27.1 Å². The molecule has 0 saturated heterocycles. The fourth-order valence-electron chi connectivity index (χ4n) is 1.12. The Kier molecular flexibility index (Phi) is 3.86. The Bertz CT molecular complexity index is 363. The molecule has 0 fully saturated rings. The van der Waals surface area contributed by atoms with E-state index < -0.39 is 5.82 Å². The summed E-state index contributed by atoms with van der Waals surface area (Å²) < 4.78 is 19.3. The lowest BCUT2D eigenvalue weighted by molar-refractivity contribution is 0.101. The van der Waals surface area contributed by atoms with Crippen LogP contribution >= 0.6 is 22.6 Å². The second kappa shape index (κ2) is 4.72. The lowest BCUT2D eigenvalue weighted by atomic mass is 10.1. The molecule has 0 aliphatic carbocycles. The number of ether oxygens (including phenoxy) is 1. The minimum absolute atomic E-state index is 0.108. The molecule has 4 heteroatoms. The minimum Gasteiger partial charge on any atom is -0.491 e. The van der Waals surface area contributed by atoms with E-state index in [4.69, 9.17) is 4.74 Å². The first-order valence-corrected chi connectivity index (χ1v) is 5.27. The first kappa shape index (κ1) is 11.4. The number of halogens is 2. The number of benzene rings is 1. The normalized spacial score (nSPS) is 10.0. The van der Waals surface area contributed by atoms with Crippen LogP contribution in [-0.4, -0.2) is 12.4 Å². The van der Waals surface area contributed by atoms with Crippen LogP contribution in [0.25, 0.3) is 0 Å². The Morgan fingerprint density at radius 2 is 2.21 bits per heavy atom. The topological polar surface area (TPSA) is 26.3 Å². The highest BCUT2D eigenvalue weighted by Crippen LogP contribution is 2.25. The summed E-state index contributed by atoms with van der Waals surface area (Å²) in [5.41, 5.74) is 0.108. The molecule has 0 amide bonds. The smallest absolute Gasteiger partial charge is 0.176 e. The van der Waals surface area contributed by atoms with E-state index in [1.54, 1.807) is 13.0 Å². The van der Waals surface area contributed by atoms with Gasteiger partial charge >= 0.3 is 0 Å². The van der Waals surface area contributed by atoms with Gasteiger partial charge in [0.25, 0.3) is 0 Å². The summed E-state index contributed by atoms with van der Waals surface area (Å²) in [7, 11) is 0. The molecule has 2 nitrogen and oxygen atoms in total. The number of Topliss-reactive ketones (excluding diaryl/α,β-unsaturated/α-hetero) is 1. The van der Waals surface area contributed by atoms with Gasteiger partial charge in [-0.15, -0.1) is 0 Å². The SMILES string of the molecule is CCOc1ccc(I)c(C(C)=O)c1F. The van der Waals surface area contributed by atoms with E-state index in [0.29, 0.717) is 10.2 Å². The molecule has 0 aromatic heterocycles. The zero-order valence-corrected chi connectivity index (χ0v) is 10.1. The Morgan fingerprint density at radius 3 is 2.71 bits per heavy atom. The summed E-state index contributed by atoms with van der Waals surface area (Å²) in [6.45, 7) is 3.50. The van der Waals surface area contributed by atoms with Crippen molar-refractivity contribution < 1.29 is 13.9 Å². The van der Waals surface area contributed by atoms with Gasteiger partial charge in [-0.25, -0.2) is 4.39 Å². The maximum absolute atomic E-state index is 13.6. The van der Waals surface area contributed by atoms with E-state index in [1.807, 2.05) is 22.6 Å². The van der Waals surface area contributed by atoms with Crippen molar-refractivity contribution in [3.8, 4) is 5.75 Å². The van der Waals surface area contributed by atoms with Gasteiger partial charge in [0.15, 0.2) is 17.3 Å². The Morgan fingerprint density at radius 1 is 1.57 bits per heavy atom. The average Bonchev–Trinajstić information content (AvgIpc) is 2.10. The van der Waals surface area contributed by atoms with Crippen LogP contribution in [0.1, 0.15) is 24.2 Å². The van der Waals surface area contributed by atoms with Gasteiger partial charge in [0.05, 0.1) is 12.2 Å². The van der Waals surface area contributed by atoms with Crippen LogP contribution in [0.4, 0.5) is 4.39 Å². The van der Waals surface area contributed by atoms with Crippen LogP contribution < -0.4 is 4.74 Å². The maximum atomic E-state index is 13.6. The van der Waals surface area contributed by atoms with Crippen LogP contribution in [-0.2, 0) is 0 Å². The molecule has 14 heavy (non-hydrogen) atoms. The molecule has 0 bridgehead atoms. The summed E-state index contributed by atoms with van der Waals surface area (Å²) in [6, 6.07) is 3.21. The van der Waals surface area contributed by atoms with Gasteiger partial charge in [0, 0.05) is 3.57 Å². The van der Waals surface area contributed by atoms with Crippen molar-refractivity contribution in [2.75, 3.05) is 6.61 Å². The summed E-state index contributed by atoms with van der Waals surface area (Å²) in [6.07, 6.45) is 0. The first-order valence-electron chi connectivity index (χ1n) is 4.19. The van der Waals surface area contributed by atoms with Crippen LogP contribution in [0.3, 0.4) is 0 Å². The van der Waals surface area contributed by atoms with Gasteiger partial charge in [-0.05, 0) is 48.6 Å². The predicted octanol–water partition coefficient (Wildman–Crippen LogP) is 3.03. The highest BCUT2D eigenvalue weighted by atomic mass is 127. The first-order chi connectivity index (χ1) is 6.57. The van der Waals surface area contributed by atoms with Crippen LogP contribution in [0.15, 0.2) is 12.1 Å². The van der Waals surface area contributed by atoms with Crippen molar-refractivity contribution in [2.24, 2.45) is 0 Å². The largest absolute Gasteiger partial charge is 0.491 e. The van der Waals surface area contributed by atoms with Crippen LogP contribution in [0.2, 0.25) is 0 Å². The molecule has 76 valence electrons. The maximum Gasteiger partial charge on any atom is 0.176 e. The lowest BCUT2D eigenvalue weighted by Gasteiger charge is -2.08.